The van der Waals surface area contributed by atoms with Crippen molar-refractivity contribution < 1.29 is 104 Å². The summed E-state index contributed by atoms with van der Waals surface area (Å²) < 4.78 is 36.9. The van der Waals surface area contributed by atoms with Gasteiger partial charge in [-0.2, -0.15) is 0 Å². The first-order valence-electron chi connectivity index (χ1n) is 15.4. The minimum absolute atomic E-state index is 0.0863. The minimum atomic E-state index is -1.87. The zero-order chi connectivity index (χ0) is 36.7. The second kappa shape index (κ2) is 19.0. The molecule has 0 radical (unpaired) electrons. The fourth-order valence-corrected chi connectivity index (χ4v) is 5.66. The van der Waals surface area contributed by atoms with Gasteiger partial charge in [0.2, 0.25) is 5.91 Å². The Morgan fingerprint density at radius 1 is 0.571 bits per heavy atom. The molecule has 0 spiro atoms. The monoisotopic (exact) mass is 723 g/mol. The van der Waals surface area contributed by atoms with E-state index in [1.807, 2.05) is 0 Å². The molecule has 288 valence electrons. The van der Waals surface area contributed by atoms with Crippen LogP contribution in [-0.2, 0) is 38.0 Å². The number of ether oxygens (including phenoxy) is 7. The summed E-state index contributed by atoms with van der Waals surface area (Å²) in [5, 5.41) is 131. The Morgan fingerprint density at radius 2 is 1.04 bits per heavy atom. The largest absolute Gasteiger partial charge is 0.394 e. The highest BCUT2D eigenvalue weighted by molar-refractivity contribution is 5.73. The molecule has 4 heterocycles. The smallest absolute Gasteiger partial charge is 0.217 e. The fraction of sp³-hybridized carbons (Fsp3) is 0.963. The van der Waals surface area contributed by atoms with Crippen molar-refractivity contribution in [2.45, 2.75) is 123 Å². The van der Waals surface area contributed by atoms with Crippen LogP contribution < -0.4 is 5.32 Å². The molecule has 22 nitrogen and oxygen atoms in total. The number of hydrogen-bond acceptors (Lipinski definition) is 21. The summed E-state index contributed by atoms with van der Waals surface area (Å²) in [4.78, 5) is 10.7. The molecule has 4 aliphatic heterocycles. The van der Waals surface area contributed by atoms with E-state index in [-0.39, 0.29) is 19.1 Å². The average molecular weight is 724 g/mol. The Bertz CT molecular complexity index is 996. The van der Waals surface area contributed by atoms with E-state index < -0.39 is 136 Å². The van der Waals surface area contributed by atoms with Gasteiger partial charge in [0.15, 0.2) is 18.9 Å². The van der Waals surface area contributed by atoms with Gasteiger partial charge in [-0.25, -0.2) is 0 Å². The van der Waals surface area contributed by atoms with Crippen molar-refractivity contribution in [3.63, 3.8) is 0 Å². The number of nitrogens with one attached hydrogen (secondary N) is 1. The van der Waals surface area contributed by atoms with Gasteiger partial charge in [0.1, 0.15) is 91.6 Å². The van der Waals surface area contributed by atoms with E-state index in [1.54, 1.807) is 0 Å². The highest BCUT2D eigenvalue weighted by Gasteiger charge is 2.53. The maximum Gasteiger partial charge on any atom is 0.217 e. The van der Waals surface area contributed by atoms with E-state index >= 15 is 0 Å². The van der Waals surface area contributed by atoms with Crippen molar-refractivity contribution in [1.29, 1.82) is 0 Å². The number of hydrogen-bond donors (Lipinski definition) is 14. The average Bonchev–Trinajstić information content (AvgIpc) is 3.08. The quantitative estimate of drug-likeness (QED) is 0.0994. The molecule has 4 saturated heterocycles. The van der Waals surface area contributed by atoms with Crippen LogP contribution in [0.3, 0.4) is 0 Å². The van der Waals surface area contributed by atoms with Crippen molar-refractivity contribution in [2.75, 3.05) is 40.1 Å². The first kappa shape index (κ1) is 42.1. The van der Waals surface area contributed by atoms with Crippen LogP contribution in [0.4, 0.5) is 0 Å². The van der Waals surface area contributed by atoms with Gasteiger partial charge >= 0.3 is 0 Å². The second-order valence-corrected chi connectivity index (χ2v) is 11.9. The zero-order valence-corrected chi connectivity index (χ0v) is 26.6. The molecule has 0 bridgehead atoms. The van der Waals surface area contributed by atoms with Crippen LogP contribution in [0.1, 0.15) is 6.92 Å². The first-order chi connectivity index (χ1) is 23.1. The molecule has 0 aromatic carbocycles. The van der Waals surface area contributed by atoms with Crippen LogP contribution in [0, 0.1) is 0 Å². The lowest BCUT2D eigenvalue weighted by Gasteiger charge is -2.48. The summed E-state index contributed by atoms with van der Waals surface area (Å²) in [5.41, 5.74) is 0. The van der Waals surface area contributed by atoms with Crippen molar-refractivity contribution in [1.82, 2.24) is 5.32 Å². The maximum atomic E-state index is 10.8. The molecule has 22 heteroatoms. The molecule has 49 heavy (non-hydrogen) atoms. The van der Waals surface area contributed by atoms with Crippen molar-refractivity contribution in [2.24, 2.45) is 0 Å². The molecule has 0 aliphatic carbocycles. The zero-order valence-electron chi connectivity index (χ0n) is 26.6. The third-order valence-corrected chi connectivity index (χ3v) is 8.51. The molecule has 0 saturated carbocycles. The molecule has 19 atom stereocenters. The highest BCUT2D eigenvalue weighted by atomic mass is 16.8. The predicted octanol–water partition coefficient (Wildman–Crippen LogP) is -9.31. The Morgan fingerprint density at radius 3 is 1.57 bits per heavy atom. The van der Waals surface area contributed by atoms with Crippen LogP contribution in [0.5, 0.6) is 0 Å². The number of carbonyl (C=O) groups excluding carboxylic acids is 1. The Labute approximate surface area is 279 Å². The first-order valence-corrected chi connectivity index (χ1v) is 15.4. The number of amides is 1. The summed E-state index contributed by atoms with van der Waals surface area (Å²) in [5.74, 6) is -0.299. The molecule has 1 amide bonds. The number of rotatable bonds is 10. The van der Waals surface area contributed by atoms with Gasteiger partial charge in [-0.05, 0) is 0 Å². The summed E-state index contributed by atoms with van der Waals surface area (Å²) >= 11 is 0. The Hall–Kier alpha value is -1.33. The summed E-state index contributed by atoms with van der Waals surface area (Å²) in [6.07, 6.45) is -27.1. The normalized spacial score (nSPS) is 47.5. The molecule has 0 unspecified atom stereocenters. The number of aliphatic hydroxyl groups excluding tert-OH is 13. The number of aliphatic hydroxyl groups is 13. The lowest BCUT2D eigenvalue weighted by molar-refractivity contribution is -0.379. The molecular weight excluding hydrogens is 674 g/mol. The topological polar surface area (TPSA) is 357 Å². The van der Waals surface area contributed by atoms with E-state index in [9.17, 15) is 66.1 Å². The molecule has 4 fully saturated rings. The standard InChI is InChI=1S/C19H34O16.C8H15NO5/c1-30-17-13(28)11(26)15(7(4-22)33-17)34-19-14(29)16(9(24)6(3-21)32-19)35-18-12(27)10(25)8(23)5(2-20)31-18;1-4(11)9-5-3-14-6(2-10)8(13)7(5)12/h5-29H,2-4H2,1H3;5-8,10,12-13H,2-3H2,1H3,(H,9,11)/t5-,6-,7-,8-,9+,10+,11-,12-,13-,14-,15-,16+,17+,18+,19+;5-,6-,7-,8+/m11/s1. The Balaban J connectivity index is 0.000000388. The summed E-state index contributed by atoms with van der Waals surface area (Å²) in [6, 6.07) is -0.620. The predicted molar refractivity (Wildman–Crippen MR) is 152 cm³/mol. The third-order valence-electron chi connectivity index (χ3n) is 8.51. The SMILES string of the molecule is CC(=O)N[C@@H]1CO[C@H](CO)[C@H](O)[C@@H]1O.CO[C@H]1O[C@H](CO)[C@@H](O[C@@H]2O[C@H](CO)[C@H](O)[C@H](O[C@@H]3O[C@H](CO)[C@@H](O)[C@H](O)[C@H]3O)[C@H]2O)[C@H](O)[C@H]1O. The molecule has 4 rings (SSSR count). The van der Waals surface area contributed by atoms with Crippen LogP contribution in [-0.4, -0.2) is 229 Å². The lowest BCUT2D eigenvalue weighted by atomic mass is 9.96. The fourth-order valence-electron chi connectivity index (χ4n) is 5.66. The van der Waals surface area contributed by atoms with Crippen molar-refractivity contribution in [3.05, 3.63) is 0 Å². The summed E-state index contributed by atoms with van der Waals surface area (Å²) in [7, 11) is 1.21. The maximum absolute atomic E-state index is 10.8. The third kappa shape index (κ3) is 9.76. The van der Waals surface area contributed by atoms with E-state index in [2.05, 4.69) is 5.32 Å². The minimum Gasteiger partial charge on any atom is -0.394 e. The van der Waals surface area contributed by atoms with Gasteiger partial charge in [0.05, 0.1) is 39.1 Å². The van der Waals surface area contributed by atoms with Crippen LogP contribution >= 0.6 is 0 Å². The van der Waals surface area contributed by atoms with Gasteiger partial charge in [-0.3, -0.25) is 4.79 Å². The van der Waals surface area contributed by atoms with Gasteiger partial charge < -0.3 is 105 Å². The highest BCUT2D eigenvalue weighted by Crippen LogP contribution is 2.32. The van der Waals surface area contributed by atoms with Gasteiger partial charge in [0.25, 0.3) is 0 Å². The van der Waals surface area contributed by atoms with E-state index in [0.29, 0.717) is 0 Å². The number of carbonyl (C=O) groups is 1. The number of methoxy groups -OCH3 is 1. The van der Waals surface area contributed by atoms with Crippen LogP contribution in [0.2, 0.25) is 0 Å². The van der Waals surface area contributed by atoms with E-state index in [4.69, 9.17) is 38.3 Å². The van der Waals surface area contributed by atoms with Crippen LogP contribution in [0.15, 0.2) is 0 Å². The van der Waals surface area contributed by atoms with E-state index in [0.717, 1.165) is 0 Å². The van der Waals surface area contributed by atoms with Gasteiger partial charge in [-0.15, -0.1) is 0 Å². The summed E-state index contributed by atoms with van der Waals surface area (Å²) in [6.45, 7) is -1.18. The molecule has 0 aromatic rings. The van der Waals surface area contributed by atoms with Crippen molar-refractivity contribution >= 4 is 5.91 Å². The second-order valence-electron chi connectivity index (χ2n) is 11.9. The molecule has 14 N–H and O–H groups in total. The van der Waals surface area contributed by atoms with Crippen molar-refractivity contribution in [3.8, 4) is 0 Å². The van der Waals surface area contributed by atoms with E-state index in [1.165, 1.54) is 14.0 Å². The molecule has 4 aliphatic rings. The van der Waals surface area contributed by atoms with Gasteiger partial charge in [0, 0.05) is 14.0 Å². The Kier molecular flexibility index (Phi) is 16.3. The van der Waals surface area contributed by atoms with Gasteiger partial charge in [-0.1, -0.05) is 0 Å². The van der Waals surface area contributed by atoms with Crippen LogP contribution in [0.25, 0.3) is 0 Å². The molecular formula is C27H49NO21. The lowest BCUT2D eigenvalue weighted by Crippen LogP contribution is -2.66. The molecule has 0 aromatic heterocycles.